The average molecular weight is 391 g/mol. The molecule has 2 aliphatic rings. The van der Waals surface area contributed by atoms with Gasteiger partial charge in [-0.2, -0.15) is 0 Å². The van der Waals surface area contributed by atoms with Gasteiger partial charge in [-0.1, -0.05) is 37.5 Å². The summed E-state index contributed by atoms with van der Waals surface area (Å²) in [6.07, 6.45) is 1.38. The lowest BCUT2D eigenvalue weighted by atomic mass is 9.96. The van der Waals surface area contributed by atoms with E-state index in [2.05, 4.69) is 16.0 Å². The van der Waals surface area contributed by atoms with E-state index in [-0.39, 0.29) is 30.9 Å². The Morgan fingerprint density at radius 3 is 2.39 bits per heavy atom. The van der Waals surface area contributed by atoms with Crippen molar-refractivity contribution in [1.82, 2.24) is 10.6 Å². The van der Waals surface area contributed by atoms with Gasteiger partial charge >= 0.3 is 6.03 Å². The number of nitrogens with one attached hydrogen (secondary N) is 3. The van der Waals surface area contributed by atoms with Gasteiger partial charge in [0.25, 0.3) is 0 Å². The van der Waals surface area contributed by atoms with Gasteiger partial charge in [0.1, 0.15) is 18.3 Å². The van der Waals surface area contributed by atoms with Crippen LogP contribution in [0.3, 0.4) is 0 Å². The zero-order valence-corrected chi connectivity index (χ0v) is 15.8. The van der Waals surface area contributed by atoms with Crippen LogP contribution < -0.4 is 16.0 Å². The third-order valence-electron chi connectivity index (χ3n) is 5.31. The van der Waals surface area contributed by atoms with Gasteiger partial charge in [-0.3, -0.25) is 4.79 Å². The van der Waals surface area contributed by atoms with Gasteiger partial charge < -0.3 is 30.9 Å². The summed E-state index contributed by atoms with van der Waals surface area (Å²) >= 11 is 0. The Balaban J connectivity index is 1.42. The third-order valence-corrected chi connectivity index (χ3v) is 5.31. The van der Waals surface area contributed by atoms with E-state index in [4.69, 9.17) is 4.74 Å². The fourth-order valence-electron chi connectivity index (χ4n) is 3.76. The first-order chi connectivity index (χ1) is 13.5. The first kappa shape index (κ1) is 20.6. The molecule has 1 aromatic rings. The predicted octanol–water partition coefficient (Wildman–Crippen LogP) is 1.14. The zero-order valence-electron chi connectivity index (χ0n) is 15.8. The Bertz CT molecular complexity index is 651. The molecule has 3 rings (SSSR count). The van der Waals surface area contributed by atoms with Crippen LogP contribution in [0.1, 0.15) is 38.5 Å². The molecule has 1 aliphatic carbocycles. The Hall–Kier alpha value is -2.16. The smallest absolute Gasteiger partial charge is 0.315 e. The fraction of sp³-hybridized carbons (Fsp3) is 0.600. The minimum absolute atomic E-state index is 0.0631. The standard InChI is InChI=1S/C20H29N3O5/c24-17(22-13-7-3-1-4-8-13)11-15-18(25)19(26)16(28-15)12-21-20(27)23-14-9-5-2-6-10-14/h1,3-4,7-8,14-16,18-19,25-26H,2,5-6,9-12H2,(H,22,24)(H2,21,23,27)/t15-,16-,18+,19-/m1/s1. The number of aliphatic hydroxyl groups excluding tert-OH is 2. The van der Waals surface area contributed by atoms with Gasteiger partial charge in [-0.15, -0.1) is 0 Å². The lowest BCUT2D eigenvalue weighted by molar-refractivity contribution is -0.120. The highest BCUT2D eigenvalue weighted by Crippen LogP contribution is 2.24. The molecular formula is C20H29N3O5. The molecule has 1 saturated carbocycles. The van der Waals surface area contributed by atoms with Crippen LogP contribution in [0.15, 0.2) is 30.3 Å². The molecule has 0 spiro atoms. The van der Waals surface area contributed by atoms with E-state index >= 15 is 0 Å². The number of amides is 3. The van der Waals surface area contributed by atoms with Crippen LogP contribution >= 0.6 is 0 Å². The lowest BCUT2D eigenvalue weighted by Gasteiger charge is -2.23. The summed E-state index contributed by atoms with van der Waals surface area (Å²) in [7, 11) is 0. The van der Waals surface area contributed by atoms with Gasteiger partial charge in [0.15, 0.2) is 0 Å². The molecule has 1 heterocycles. The van der Waals surface area contributed by atoms with E-state index in [1.165, 1.54) is 6.42 Å². The molecule has 2 fully saturated rings. The monoisotopic (exact) mass is 391 g/mol. The summed E-state index contributed by atoms with van der Waals surface area (Å²) < 4.78 is 5.63. The van der Waals surface area contributed by atoms with E-state index in [9.17, 15) is 19.8 Å². The number of anilines is 1. The van der Waals surface area contributed by atoms with Crippen molar-refractivity contribution >= 4 is 17.6 Å². The Labute approximate surface area is 164 Å². The number of carbonyl (C=O) groups excluding carboxylic acids is 2. The molecule has 0 unspecified atom stereocenters. The Morgan fingerprint density at radius 2 is 1.68 bits per heavy atom. The second-order valence-electron chi connectivity index (χ2n) is 7.50. The molecule has 1 saturated heterocycles. The molecule has 28 heavy (non-hydrogen) atoms. The van der Waals surface area contributed by atoms with Crippen LogP contribution in [0.5, 0.6) is 0 Å². The molecule has 1 aliphatic heterocycles. The summed E-state index contributed by atoms with van der Waals surface area (Å²) in [6.45, 7) is 0.0631. The van der Waals surface area contributed by atoms with Crippen molar-refractivity contribution in [2.75, 3.05) is 11.9 Å². The highest BCUT2D eigenvalue weighted by atomic mass is 16.5. The zero-order chi connectivity index (χ0) is 19.9. The van der Waals surface area contributed by atoms with Gasteiger partial charge in [0.2, 0.25) is 5.91 Å². The summed E-state index contributed by atoms with van der Waals surface area (Å²) in [5.74, 6) is -0.314. The molecule has 0 aromatic heterocycles. The molecule has 3 amide bonds. The number of benzene rings is 1. The average Bonchev–Trinajstić information content (AvgIpc) is 2.96. The maximum atomic E-state index is 12.2. The normalized spacial score (nSPS) is 27.9. The summed E-state index contributed by atoms with van der Waals surface area (Å²) in [6, 6.07) is 8.86. The molecule has 8 heteroatoms. The van der Waals surface area contributed by atoms with Gasteiger partial charge in [-0.05, 0) is 25.0 Å². The number of rotatable bonds is 6. The first-order valence-electron chi connectivity index (χ1n) is 9.94. The summed E-state index contributed by atoms with van der Waals surface area (Å²) in [4.78, 5) is 24.2. The Morgan fingerprint density at radius 1 is 1.00 bits per heavy atom. The van der Waals surface area contributed by atoms with Crippen LogP contribution in [0.4, 0.5) is 10.5 Å². The van der Waals surface area contributed by atoms with E-state index in [0.29, 0.717) is 5.69 Å². The van der Waals surface area contributed by atoms with Gasteiger partial charge in [-0.25, -0.2) is 4.79 Å². The fourth-order valence-corrected chi connectivity index (χ4v) is 3.76. The molecule has 0 bridgehead atoms. The molecule has 154 valence electrons. The van der Waals surface area contributed by atoms with Crippen molar-refractivity contribution in [3.63, 3.8) is 0 Å². The first-order valence-corrected chi connectivity index (χ1v) is 9.94. The van der Waals surface area contributed by atoms with Gasteiger partial charge in [0, 0.05) is 18.3 Å². The van der Waals surface area contributed by atoms with E-state index in [1.54, 1.807) is 24.3 Å². The van der Waals surface area contributed by atoms with Crippen molar-refractivity contribution in [3.05, 3.63) is 30.3 Å². The van der Waals surface area contributed by atoms with Crippen molar-refractivity contribution in [2.45, 2.75) is 69.0 Å². The van der Waals surface area contributed by atoms with Crippen molar-refractivity contribution in [2.24, 2.45) is 0 Å². The quantitative estimate of drug-likeness (QED) is 0.498. The van der Waals surface area contributed by atoms with Crippen LogP contribution in [0.2, 0.25) is 0 Å². The molecule has 4 atom stereocenters. The maximum Gasteiger partial charge on any atom is 0.315 e. The van der Waals surface area contributed by atoms with E-state index in [1.807, 2.05) is 6.07 Å². The van der Waals surface area contributed by atoms with E-state index < -0.39 is 24.4 Å². The second kappa shape index (κ2) is 9.86. The summed E-state index contributed by atoms with van der Waals surface area (Å²) in [5, 5.41) is 28.7. The second-order valence-corrected chi connectivity index (χ2v) is 7.50. The maximum absolute atomic E-state index is 12.2. The minimum atomic E-state index is -1.19. The molecular weight excluding hydrogens is 362 g/mol. The number of carbonyl (C=O) groups is 2. The number of urea groups is 1. The highest BCUT2D eigenvalue weighted by Gasteiger charge is 2.43. The number of para-hydroxylation sites is 1. The van der Waals surface area contributed by atoms with Crippen molar-refractivity contribution in [1.29, 1.82) is 0 Å². The Kier molecular flexibility index (Phi) is 7.24. The van der Waals surface area contributed by atoms with Gasteiger partial charge in [0.05, 0.1) is 12.5 Å². The van der Waals surface area contributed by atoms with Crippen LogP contribution in [-0.4, -0.2) is 59.2 Å². The number of hydrogen-bond donors (Lipinski definition) is 5. The molecule has 0 radical (unpaired) electrons. The third kappa shape index (κ3) is 5.67. The minimum Gasteiger partial charge on any atom is -0.388 e. The molecule has 5 N–H and O–H groups in total. The van der Waals surface area contributed by atoms with E-state index in [0.717, 1.165) is 25.7 Å². The molecule has 8 nitrogen and oxygen atoms in total. The van der Waals surface area contributed by atoms with Crippen molar-refractivity contribution in [3.8, 4) is 0 Å². The topological polar surface area (TPSA) is 120 Å². The number of ether oxygens (including phenoxy) is 1. The van der Waals surface area contributed by atoms with Crippen molar-refractivity contribution < 1.29 is 24.5 Å². The molecule has 1 aromatic carbocycles. The predicted molar refractivity (Wildman–Crippen MR) is 104 cm³/mol. The van der Waals surface area contributed by atoms with Crippen LogP contribution in [-0.2, 0) is 9.53 Å². The highest BCUT2D eigenvalue weighted by molar-refractivity contribution is 5.91. The summed E-state index contributed by atoms with van der Waals surface area (Å²) in [5.41, 5.74) is 0.651. The van der Waals surface area contributed by atoms with Crippen LogP contribution in [0, 0.1) is 0 Å². The number of hydrogen-bond acceptors (Lipinski definition) is 5. The number of aliphatic hydroxyl groups is 2. The lowest BCUT2D eigenvalue weighted by Crippen LogP contribution is -2.47. The largest absolute Gasteiger partial charge is 0.388 e. The SMILES string of the molecule is O=C(C[C@H]1O[C@H](CNC(=O)NC2CCCCC2)[C@@H](O)[C@H]1O)Nc1ccccc1. The van der Waals surface area contributed by atoms with Crippen LogP contribution in [0.25, 0.3) is 0 Å².